The van der Waals surface area contributed by atoms with E-state index in [1.807, 2.05) is 24.3 Å². The van der Waals surface area contributed by atoms with Gasteiger partial charge in [-0.3, -0.25) is 24.0 Å². The molecule has 0 saturated carbocycles. The zero-order valence-corrected chi connectivity index (χ0v) is 30.6. The minimum Gasteiger partial charge on any atom is -0.508 e. The molecule has 2 aromatic carbocycles. The first kappa shape index (κ1) is 41.3. The number of rotatable bonds is 20. The van der Waals surface area contributed by atoms with E-state index in [1.54, 1.807) is 20.0 Å². The number of carboxylic acid groups (broad SMARTS) is 1. The van der Waals surface area contributed by atoms with Crippen molar-refractivity contribution in [1.29, 1.82) is 0 Å². The summed E-state index contributed by atoms with van der Waals surface area (Å²) in [6, 6.07) is 8.56. The highest BCUT2D eigenvalue weighted by atomic mass is 32.2. The fourth-order valence-electron chi connectivity index (χ4n) is 5.44. The van der Waals surface area contributed by atoms with Crippen LogP contribution in [0, 0.1) is 0 Å². The highest BCUT2D eigenvalue weighted by Gasteiger charge is 2.40. The average molecular weight is 740 g/mol. The first-order chi connectivity index (χ1) is 24.6. The Hall–Kier alpha value is -5.09. The van der Waals surface area contributed by atoms with Crippen molar-refractivity contribution < 1.29 is 39.0 Å². The van der Waals surface area contributed by atoms with Gasteiger partial charge in [0.2, 0.25) is 29.5 Å². The fourth-order valence-corrected chi connectivity index (χ4v) is 6.42. The number of amides is 5. The summed E-state index contributed by atoms with van der Waals surface area (Å²) in [6.45, 7) is 6.41. The zero-order valence-electron chi connectivity index (χ0n) is 29.8. The molecular weight excluding hydrogens is 691 g/mol. The van der Waals surface area contributed by atoms with Crippen molar-refractivity contribution >= 4 is 58.2 Å². The Bertz CT molecular complexity index is 1710. The van der Waals surface area contributed by atoms with E-state index in [9.17, 15) is 39.0 Å². The van der Waals surface area contributed by atoms with Gasteiger partial charge in [0, 0.05) is 48.7 Å². The van der Waals surface area contributed by atoms with E-state index in [1.165, 1.54) is 38.1 Å². The quantitative estimate of drug-likeness (QED) is 0.0596. The maximum absolute atomic E-state index is 14.0. The third kappa shape index (κ3) is 12.9. The lowest BCUT2D eigenvalue weighted by molar-refractivity contribution is -0.142. The number of H-pyrrole nitrogens is 1. The van der Waals surface area contributed by atoms with Gasteiger partial charge in [0.15, 0.2) is 0 Å². The van der Waals surface area contributed by atoms with Crippen molar-refractivity contribution in [1.82, 2.24) is 31.6 Å². The van der Waals surface area contributed by atoms with E-state index in [-0.39, 0.29) is 42.7 Å². The molecule has 3 rings (SSSR count). The molecule has 52 heavy (non-hydrogen) atoms. The molecule has 0 unspecified atom stereocenters. The topological polar surface area (TPSA) is 245 Å². The molecule has 0 fully saturated rings. The maximum atomic E-state index is 14.0. The number of hydrogen-bond acceptors (Lipinski definition) is 9. The van der Waals surface area contributed by atoms with Gasteiger partial charge in [-0.2, -0.15) is 0 Å². The minimum atomic E-state index is -1.39. The van der Waals surface area contributed by atoms with Crippen molar-refractivity contribution in [3.05, 3.63) is 65.9 Å². The number of phenols is 1. The van der Waals surface area contributed by atoms with Crippen LogP contribution < -0.4 is 32.3 Å². The van der Waals surface area contributed by atoms with Crippen LogP contribution in [0.5, 0.6) is 5.75 Å². The van der Waals surface area contributed by atoms with Crippen molar-refractivity contribution in [2.24, 2.45) is 5.73 Å². The number of aromatic amines is 1. The van der Waals surface area contributed by atoms with Crippen LogP contribution in [0.2, 0.25) is 0 Å². The number of hydrogen-bond donors (Lipinski definition) is 9. The Labute approximate surface area is 306 Å². The van der Waals surface area contributed by atoms with E-state index in [2.05, 4.69) is 31.6 Å². The molecule has 0 aliphatic heterocycles. The monoisotopic (exact) mass is 739 g/mol. The third-order valence-electron chi connectivity index (χ3n) is 8.38. The van der Waals surface area contributed by atoms with Crippen LogP contribution in [0.15, 0.2) is 54.7 Å². The minimum absolute atomic E-state index is 0.00365. The van der Waals surface area contributed by atoms with Gasteiger partial charge in [-0.15, -0.1) is 11.8 Å². The second-order valence-corrected chi connectivity index (χ2v) is 14.7. The van der Waals surface area contributed by atoms with Gasteiger partial charge in [-0.05, 0) is 68.9 Å². The summed E-state index contributed by atoms with van der Waals surface area (Å²) in [5.41, 5.74) is 8.58. The molecule has 15 nitrogen and oxygen atoms in total. The second kappa shape index (κ2) is 19.5. The van der Waals surface area contributed by atoms with Crippen LogP contribution in [-0.2, 0) is 41.6 Å². The SMILES string of the molecule is CC(=O)NCCCC[C@H](NC(=O)[C@@H](N)Cc1c[nH]c2ccccc12)C(=O)N[C@H](C(=O)N[C@@H](Cc1ccc(O)cc1)C(=O)O)C(C)(C)SCNC(C)=O. The van der Waals surface area contributed by atoms with E-state index >= 15 is 0 Å². The Morgan fingerprint density at radius 1 is 0.827 bits per heavy atom. The van der Waals surface area contributed by atoms with Crippen molar-refractivity contribution in [2.75, 3.05) is 12.4 Å². The molecule has 5 amide bonds. The first-order valence-corrected chi connectivity index (χ1v) is 17.9. The molecule has 0 saturated heterocycles. The average Bonchev–Trinajstić information content (AvgIpc) is 3.48. The lowest BCUT2D eigenvalue weighted by atomic mass is 9.99. The summed E-state index contributed by atoms with van der Waals surface area (Å²) in [5.74, 6) is -3.84. The molecule has 3 aromatic rings. The number of thioether (sulfide) groups is 1. The molecular formula is C36H49N7O8S. The summed E-state index contributed by atoms with van der Waals surface area (Å²) in [5, 5.41) is 33.9. The largest absolute Gasteiger partial charge is 0.508 e. The number of aromatic nitrogens is 1. The zero-order chi connectivity index (χ0) is 38.4. The van der Waals surface area contributed by atoms with Gasteiger partial charge >= 0.3 is 5.97 Å². The molecule has 16 heteroatoms. The van der Waals surface area contributed by atoms with Gasteiger partial charge in [0.25, 0.3) is 0 Å². The summed E-state index contributed by atoms with van der Waals surface area (Å²) in [4.78, 5) is 79.7. The smallest absolute Gasteiger partial charge is 0.326 e. The summed E-state index contributed by atoms with van der Waals surface area (Å²) in [7, 11) is 0. The highest BCUT2D eigenvalue weighted by Crippen LogP contribution is 2.28. The Morgan fingerprint density at radius 3 is 2.13 bits per heavy atom. The number of aromatic hydroxyl groups is 1. The Kier molecular flexibility index (Phi) is 15.5. The van der Waals surface area contributed by atoms with Crippen molar-refractivity contribution in [3.63, 3.8) is 0 Å². The lowest BCUT2D eigenvalue weighted by Crippen LogP contribution is -2.62. The summed E-state index contributed by atoms with van der Waals surface area (Å²) < 4.78 is -1.10. The number of carboxylic acids is 1. The van der Waals surface area contributed by atoms with E-state index in [0.29, 0.717) is 24.9 Å². The van der Waals surface area contributed by atoms with Gasteiger partial charge in [0.05, 0.1) is 11.9 Å². The fraction of sp³-hybridized carbons (Fsp3) is 0.444. The van der Waals surface area contributed by atoms with E-state index in [4.69, 9.17) is 5.73 Å². The molecule has 0 bridgehead atoms. The number of benzene rings is 2. The van der Waals surface area contributed by atoms with Gasteiger partial charge in [0.1, 0.15) is 23.9 Å². The number of unbranched alkanes of at least 4 members (excludes halogenated alkanes) is 1. The number of para-hydroxylation sites is 1. The van der Waals surface area contributed by atoms with Crippen molar-refractivity contribution in [2.45, 2.75) is 88.7 Å². The van der Waals surface area contributed by atoms with Gasteiger partial charge < -0.3 is 47.5 Å². The highest BCUT2D eigenvalue weighted by molar-refractivity contribution is 8.00. The van der Waals surface area contributed by atoms with Crippen LogP contribution in [0.3, 0.4) is 0 Å². The molecule has 0 spiro atoms. The van der Waals surface area contributed by atoms with Crippen LogP contribution in [0.25, 0.3) is 10.9 Å². The molecule has 0 radical (unpaired) electrons. The number of aliphatic carboxylic acids is 1. The lowest BCUT2D eigenvalue weighted by Gasteiger charge is -2.35. The van der Waals surface area contributed by atoms with Crippen LogP contribution in [0.1, 0.15) is 58.1 Å². The number of nitrogens with two attached hydrogens (primary N) is 1. The predicted octanol–water partition coefficient (Wildman–Crippen LogP) is 1.44. The molecule has 282 valence electrons. The molecule has 1 heterocycles. The first-order valence-electron chi connectivity index (χ1n) is 16.9. The van der Waals surface area contributed by atoms with Crippen LogP contribution in [-0.4, -0.2) is 92.0 Å². The number of carbonyl (C=O) groups is 6. The van der Waals surface area contributed by atoms with E-state index in [0.717, 1.165) is 28.2 Å². The number of fused-ring (bicyclic) bond motifs is 1. The number of nitrogens with one attached hydrogen (secondary N) is 6. The van der Waals surface area contributed by atoms with Crippen LogP contribution >= 0.6 is 11.8 Å². The summed E-state index contributed by atoms with van der Waals surface area (Å²) >= 11 is 1.15. The standard InChI is InChI=1S/C36H49N7O8S/c1-21(44)38-16-8-7-11-29(41-32(47)27(37)18-24-19-39-28-10-6-5-9-26(24)28)33(48)43-31(36(3,4)52-20-40-22(2)45)34(49)42-30(35(50)51)17-23-12-14-25(46)15-13-23/h5-6,9-10,12-15,19,27,29-31,39,46H,7-8,11,16-18,20,37H2,1-4H3,(H,38,44)(H,40,45)(H,41,47)(H,42,49)(H,43,48)(H,50,51)/t27-,29-,30-,31+/m0/s1. The maximum Gasteiger partial charge on any atom is 0.326 e. The molecule has 0 aliphatic rings. The van der Waals surface area contributed by atoms with E-state index < -0.39 is 52.6 Å². The third-order valence-corrected chi connectivity index (χ3v) is 9.65. The summed E-state index contributed by atoms with van der Waals surface area (Å²) in [6.07, 6.45) is 2.91. The Morgan fingerprint density at radius 2 is 1.48 bits per heavy atom. The van der Waals surface area contributed by atoms with Gasteiger partial charge in [-0.1, -0.05) is 30.3 Å². The second-order valence-electron chi connectivity index (χ2n) is 13.0. The normalized spacial score (nSPS) is 13.6. The van der Waals surface area contributed by atoms with Crippen molar-refractivity contribution in [3.8, 4) is 5.75 Å². The van der Waals surface area contributed by atoms with Crippen LogP contribution in [0.4, 0.5) is 0 Å². The predicted molar refractivity (Wildman–Crippen MR) is 198 cm³/mol. The number of phenolic OH excluding ortho intramolecular Hbond substituents is 1. The Balaban J connectivity index is 1.84. The molecule has 10 N–H and O–H groups in total. The molecule has 4 atom stereocenters. The number of carbonyl (C=O) groups excluding carboxylic acids is 5. The molecule has 1 aromatic heterocycles. The van der Waals surface area contributed by atoms with Gasteiger partial charge in [-0.25, -0.2) is 4.79 Å². The molecule has 0 aliphatic carbocycles.